The highest BCUT2D eigenvalue weighted by Crippen LogP contribution is 2.40. The van der Waals surface area contributed by atoms with E-state index in [2.05, 4.69) is 10.6 Å². The number of carbonyl (C=O) groups excluding carboxylic acids is 2. The van der Waals surface area contributed by atoms with Crippen LogP contribution in [0, 0.1) is 10.1 Å². The monoisotopic (exact) mass is 445 g/mol. The number of fused-ring (bicyclic) bond motifs is 1. The average Bonchev–Trinajstić information content (AvgIpc) is 2.62. The first-order valence-electron chi connectivity index (χ1n) is 7.97. The number of nitrogens with one attached hydrogen (secondary N) is 2. The quantitative estimate of drug-likeness (QED) is 0.524. The molecule has 1 heterocycles. The summed E-state index contributed by atoms with van der Waals surface area (Å²) in [5.74, 6) is -1.20. The Kier molecular flexibility index (Phi) is 5.71. The maximum absolute atomic E-state index is 12.8. The Hall–Kier alpha value is -2.79. The van der Waals surface area contributed by atoms with Gasteiger partial charge in [-0.15, -0.1) is 11.8 Å². The molecular weight excluding hydrogens is 435 g/mol. The van der Waals surface area contributed by atoms with Crippen molar-refractivity contribution in [2.75, 3.05) is 10.6 Å². The third kappa shape index (κ3) is 4.80. The first-order chi connectivity index (χ1) is 13.5. The minimum atomic E-state index is -4.54. The molecule has 0 radical (unpaired) electrons. The summed E-state index contributed by atoms with van der Waals surface area (Å²) in [4.78, 5) is 35.0. The molecule has 1 aliphatic rings. The normalized spacial score (nSPS) is 16.0. The van der Waals surface area contributed by atoms with Gasteiger partial charge in [-0.05, 0) is 30.3 Å². The number of benzene rings is 2. The Bertz CT molecular complexity index is 1020. The van der Waals surface area contributed by atoms with Gasteiger partial charge in [0.1, 0.15) is 5.02 Å². The Labute approximate surface area is 170 Å². The summed E-state index contributed by atoms with van der Waals surface area (Å²) in [6.07, 6.45) is -4.82. The highest BCUT2D eigenvalue weighted by atomic mass is 35.5. The van der Waals surface area contributed by atoms with Crippen LogP contribution in [0.15, 0.2) is 41.3 Å². The molecule has 1 aliphatic heterocycles. The van der Waals surface area contributed by atoms with Crippen molar-refractivity contribution in [2.45, 2.75) is 22.7 Å². The molecule has 7 nitrogen and oxygen atoms in total. The average molecular weight is 446 g/mol. The topological polar surface area (TPSA) is 101 Å². The molecule has 0 bridgehead atoms. The number of rotatable bonds is 4. The van der Waals surface area contributed by atoms with Crippen LogP contribution in [0.4, 0.5) is 30.2 Å². The van der Waals surface area contributed by atoms with Gasteiger partial charge in [-0.25, -0.2) is 0 Å². The van der Waals surface area contributed by atoms with Gasteiger partial charge in [0.25, 0.3) is 5.69 Å². The second-order valence-electron chi connectivity index (χ2n) is 5.98. The van der Waals surface area contributed by atoms with Crippen molar-refractivity contribution in [3.8, 4) is 0 Å². The Morgan fingerprint density at radius 1 is 1.28 bits per heavy atom. The molecule has 152 valence electrons. The van der Waals surface area contributed by atoms with Gasteiger partial charge in [0.2, 0.25) is 11.8 Å². The first kappa shape index (κ1) is 20.9. The molecule has 3 rings (SSSR count). The molecule has 2 aromatic carbocycles. The predicted molar refractivity (Wildman–Crippen MR) is 101 cm³/mol. The number of thioether (sulfide) groups is 1. The SMILES string of the molecule is O=C(CC1Sc2ccc(C(F)(F)F)cc2NC1=O)Nc1ccc(Cl)c([N+](=O)[O-])c1. The minimum Gasteiger partial charge on any atom is -0.326 e. The molecule has 0 aliphatic carbocycles. The van der Waals surface area contributed by atoms with Crippen molar-refractivity contribution in [1.29, 1.82) is 0 Å². The largest absolute Gasteiger partial charge is 0.416 e. The molecular formula is C17H11ClF3N3O4S. The summed E-state index contributed by atoms with van der Waals surface area (Å²) in [5.41, 5.74) is -1.12. The molecule has 0 saturated heterocycles. The lowest BCUT2D eigenvalue weighted by Crippen LogP contribution is -2.32. The molecule has 2 N–H and O–H groups in total. The smallest absolute Gasteiger partial charge is 0.326 e. The van der Waals surface area contributed by atoms with Crippen LogP contribution in [-0.2, 0) is 15.8 Å². The fourth-order valence-corrected chi connectivity index (χ4v) is 3.85. The van der Waals surface area contributed by atoms with E-state index in [1.165, 1.54) is 18.2 Å². The summed E-state index contributed by atoms with van der Waals surface area (Å²) in [7, 11) is 0. The van der Waals surface area contributed by atoms with Crippen LogP contribution in [0.25, 0.3) is 0 Å². The van der Waals surface area contributed by atoms with Gasteiger partial charge in [-0.3, -0.25) is 19.7 Å². The number of hydrogen-bond acceptors (Lipinski definition) is 5. The number of anilines is 2. The second-order valence-corrected chi connectivity index (χ2v) is 7.63. The fourth-order valence-electron chi connectivity index (χ4n) is 2.57. The van der Waals surface area contributed by atoms with Crippen molar-refractivity contribution in [2.24, 2.45) is 0 Å². The summed E-state index contributed by atoms with van der Waals surface area (Å²) in [6, 6.07) is 6.68. The fraction of sp³-hybridized carbons (Fsp3) is 0.176. The molecule has 0 aromatic heterocycles. The second kappa shape index (κ2) is 7.91. The van der Waals surface area contributed by atoms with Crippen LogP contribution in [0.3, 0.4) is 0 Å². The van der Waals surface area contributed by atoms with Gasteiger partial charge in [-0.1, -0.05) is 11.6 Å². The lowest BCUT2D eigenvalue weighted by Gasteiger charge is -2.24. The van der Waals surface area contributed by atoms with E-state index >= 15 is 0 Å². The van der Waals surface area contributed by atoms with E-state index in [1.54, 1.807) is 0 Å². The van der Waals surface area contributed by atoms with E-state index in [0.29, 0.717) is 4.90 Å². The Morgan fingerprint density at radius 3 is 2.66 bits per heavy atom. The number of nitrogens with zero attached hydrogens (tertiary/aromatic N) is 1. The lowest BCUT2D eigenvalue weighted by atomic mass is 10.1. The number of hydrogen-bond donors (Lipinski definition) is 2. The number of amides is 2. The molecule has 2 amide bonds. The minimum absolute atomic E-state index is 0.0276. The molecule has 0 spiro atoms. The highest BCUT2D eigenvalue weighted by Gasteiger charge is 2.34. The molecule has 1 atom stereocenters. The van der Waals surface area contributed by atoms with Crippen LogP contribution >= 0.6 is 23.4 Å². The van der Waals surface area contributed by atoms with E-state index in [9.17, 15) is 32.9 Å². The summed E-state index contributed by atoms with van der Waals surface area (Å²) < 4.78 is 38.4. The summed E-state index contributed by atoms with van der Waals surface area (Å²) in [5, 5.41) is 14.8. The van der Waals surface area contributed by atoms with Gasteiger partial charge in [-0.2, -0.15) is 13.2 Å². The maximum atomic E-state index is 12.8. The highest BCUT2D eigenvalue weighted by molar-refractivity contribution is 8.01. The van der Waals surface area contributed by atoms with Gasteiger partial charge in [0, 0.05) is 23.1 Å². The Morgan fingerprint density at radius 2 is 2.00 bits per heavy atom. The number of alkyl halides is 3. The van der Waals surface area contributed by atoms with Crippen LogP contribution in [-0.4, -0.2) is 22.0 Å². The molecule has 2 aromatic rings. The van der Waals surface area contributed by atoms with E-state index in [1.807, 2.05) is 0 Å². The number of nitro benzene ring substituents is 1. The zero-order valence-corrected chi connectivity index (χ0v) is 15.8. The third-order valence-electron chi connectivity index (χ3n) is 3.92. The Balaban J connectivity index is 1.70. The van der Waals surface area contributed by atoms with E-state index < -0.39 is 33.7 Å². The first-order valence-corrected chi connectivity index (χ1v) is 9.23. The molecule has 12 heteroatoms. The zero-order chi connectivity index (χ0) is 21.3. The van der Waals surface area contributed by atoms with Crippen LogP contribution in [0.2, 0.25) is 5.02 Å². The van der Waals surface area contributed by atoms with E-state index in [4.69, 9.17) is 11.6 Å². The summed E-state index contributed by atoms with van der Waals surface area (Å²) >= 11 is 6.67. The van der Waals surface area contributed by atoms with Gasteiger partial charge < -0.3 is 10.6 Å². The number of nitro groups is 1. The van der Waals surface area contributed by atoms with Crippen molar-refractivity contribution in [3.63, 3.8) is 0 Å². The number of halogens is 4. The van der Waals surface area contributed by atoms with Crippen LogP contribution in [0.5, 0.6) is 0 Å². The third-order valence-corrected chi connectivity index (χ3v) is 5.52. The van der Waals surface area contributed by atoms with Gasteiger partial charge in [0.05, 0.1) is 21.4 Å². The summed E-state index contributed by atoms with van der Waals surface area (Å²) in [6.45, 7) is 0. The molecule has 1 unspecified atom stereocenters. The van der Waals surface area contributed by atoms with E-state index in [-0.39, 0.29) is 28.5 Å². The van der Waals surface area contributed by atoms with Crippen LogP contribution in [0.1, 0.15) is 12.0 Å². The molecule has 0 saturated carbocycles. The maximum Gasteiger partial charge on any atom is 0.416 e. The van der Waals surface area contributed by atoms with Crippen molar-refractivity contribution < 1.29 is 27.7 Å². The lowest BCUT2D eigenvalue weighted by molar-refractivity contribution is -0.384. The molecule has 0 fully saturated rings. The predicted octanol–water partition coefficient (Wildman–Crippen LogP) is 4.71. The van der Waals surface area contributed by atoms with Crippen molar-refractivity contribution in [3.05, 3.63) is 57.1 Å². The zero-order valence-electron chi connectivity index (χ0n) is 14.2. The van der Waals surface area contributed by atoms with Crippen LogP contribution < -0.4 is 10.6 Å². The van der Waals surface area contributed by atoms with E-state index in [0.717, 1.165) is 30.0 Å². The van der Waals surface area contributed by atoms with Crippen molar-refractivity contribution in [1.82, 2.24) is 0 Å². The van der Waals surface area contributed by atoms with Gasteiger partial charge in [0.15, 0.2) is 0 Å². The number of carbonyl (C=O) groups is 2. The van der Waals surface area contributed by atoms with Crippen molar-refractivity contribution >= 4 is 52.2 Å². The molecule has 29 heavy (non-hydrogen) atoms. The standard InChI is InChI=1S/C17H11ClF3N3O4S/c18-10-3-2-9(6-12(10)24(27)28)22-15(25)7-14-16(26)23-11-5-8(17(19,20)21)1-4-13(11)29-14/h1-6,14H,7H2,(H,22,25)(H,23,26). The van der Waals surface area contributed by atoms with Gasteiger partial charge >= 0.3 is 6.18 Å².